The lowest BCUT2D eigenvalue weighted by atomic mass is 10.0. The first-order valence-electron chi connectivity index (χ1n) is 8.74. The number of halogens is 1. The number of rotatable bonds is 8. The maximum Gasteiger partial charge on any atom is 0.249 e. The molecule has 0 radical (unpaired) electrons. The first kappa shape index (κ1) is 18.9. The second-order valence-electron chi connectivity index (χ2n) is 6.58. The zero-order chi connectivity index (χ0) is 18.7. The van der Waals surface area contributed by atoms with Crippen molar-refractivity contribution in [2.75, 3.05) is 6.54 Å². The number of primary amides is 1. The van der Waals surface area contributed by atoms with E-state index in [2.05, 4.69) is 15.6 Å². The summed E-state index contributed by atoms with van der Waals surface area (Å²) >= 11 is 5.81. The van der Waals surface area contributed by atoms with Crippen molar-refractivity contribution in [3.8, 4) is 5.88 Å². The Bertz CT molecular complexity index is 657. The average molecular weight is 383 g/mol. The number of epoxide rings is 1. The molecule has 2 unspecified atom stereocenters. The number of nitrogens with one attached hydrogen (secondary N) is 2. The molecule has 5 atom stereocenters. The number of ether oxygens (including phenoxy) is 2. The fourth-order valence-electron chi connectivity index (χ4n) is 3.17. The molecule has 8 nitrogen and oxygen atoms in total. The van der Waals surface area contributed by atoms with Gasteiger partial charge in [0.15, 0.2) is 6.10 Å². The third kappa shape index (κ3) is 4.63. The molecule has 2 aliphatic heterocycles. The van der Waals surface area contributed by atoms with Crippen molar-refractivity contribution in [2.24, 2.45) is 5.73 Å². The molecule has 0 saturated carbocycles. The molecule has 26 heavy (non-hydrogen) atoms. The number of pyridine rings is 1. The number of aromatic nitrogens is 1. The third-order valence-electron chi connectivity index (χ3n) is 4.52. The Morgan fingerprint density at radius 2 is 2.35 bits per heavy atom. The molecule has 1 aromatic heterocycles. The van der Waals surface area contributed by atoms with E-state index in [0.29, 0.717) is 23.9 Å². The minimum atomic E-state index is -0.601. The lowest BCUT2D eigenvalue weighted by Crippen LogP contribution is -2.48. The van der Waals surface area contributed by atoms with Gasteiger partial charge in [-0.25, -0.2) is 4.98 Å². The van der Waals surface area contributed by atoms with Crippen molar-refractivity contribution in [3.63, 3.8) is 0 Å². The average Bonchev–Trinajstić information content (AvgIpc) is 3.28. The summed E-state index contributed by atoms with van der Waals surface area (Å²) in [6.45, 7) is 2.56. The van der Waals surface area contributed by atoms with Crippen molar-refractivity contribution in [1.29, 1.82) is 0 Å². The van der Waals surface area contributed by atoms with Crippen molar-refractivity contribution < 1.29 is 19.1 Å². The van der Waals surface area contributed by atoms with Crippen LogP contribution in [0.5, 0.6) is 5.88 Å². The van der Waals surface area contributed by atoms with Crippen LogP contribution in [0.25, 0.3) is 0 Å². The van der Waals surface area contributed by atoms with E-state index in [4.69, 9.17) is 26.8 Å². The van der Waals surface area contributed by atoms with Gasteiger partial charge in [-0.15, -0.1) is 0 Å². The number of hydrogen-bond donors (Lipinski definition) is 3. The van der Waals surface area contributed by atoms with Crippen LogP contribution in [0.4, 0.5) is 0 Å². The summed E-state index contributed by atoms with van der Waals surface area (Å²) in [6.07, 6.45) is 2.55. The Hall–Kier alpha value is -1.90. The quantitative estimate of drug-likeness (QED) is 0.559. The molecule has 4 N–H and O–H groups in total. The molecule has 3 heterocycles. The largest absolute Gasteiger partial charge is 0.473 e. The summed E-state index contributed by atoms with van der Waals surface area (Å²) in [6, 6.07) is 2.82. The van der Waals surface area contributed by atoms with E-state index in [9.17, 15) is 9.59 Å². The van der Waals surface area contributed by atoms with Gasteiger partial charge in [0.1, 0.15) is 12.2 Å². The van der Waals surface area contributed by atoms with E-state index >= 15 is 0 Å². The SMILES string of the molecule is CCC[C@H](NC(=O)[C@@H]1C[C@@H](Oc2ccc(Cl)cn2)CN1)C1OC1C(N)=O. The number of carbonyl (C=O) groups excluding carboxylic acids is 2. The molecule has 142 valence electrons. The number of amides is 2. The molecule has 9 heteroatoms. The molecular formula is C17H23ClN4O4. The highest BCUT2D eigenvalue weighted by atomic mass is 35.5. The van der Waals surface area contributed by atoms with E-state index in [-0.39, 0.29) is 30.2 Å². The standard InChI is InChI=1S/C17H23ClN4O4/c1-2-3-11(14-15(26-14)16(19)23)22-17(24)12-6-10(8-20-12)25-13-5-4-9(18)7-21-13/h4-5,7,10-12,14-15,20H,2-3,6,8H2,1H3,(H2,19,23)(H,22,24)/t10-,11+,12+,14?,15?/m1/s1. The number of nitrogens with two attached hydrogens (primary N) is 1. The molecule has 0 spiro atoms. The highest BCUT2D eigenvalue weighted by molar-refractivity contribution is 6.30. The molecule has 2 amide bonds. The van der Waals surface area contributed by atoms with Gasteiger partial charge in [0.05, 0.1) is 17.1 Å². The number of carbonyl (C=O) groups is 2. The van der Waals surface area contributed by atoms with Crippen LogP contribution in [0.1, 0.15) is 26.2 Å². The van der Waals surface area contributed by atoms with Crippen LogP contribution in [-0.2, 0) is 14.3 Å². The Balaban J connectivity index is 1.50. The predicted molar refractivity (Wildman–Crippen MR) is 94.8 cm³/mol. The van der Waals surface area contributed by atoms with Gasteiger partial charge in [-0.1, -0.05) is 24.9 Å². The molecule has 0 aromatic carbocycles. The van der Waals surface area contributed by atoms with Gasteiger partial charge in [-0.05, 0) is 12.5 Å². The van der Waals surface area contributed by atoms with Crippen LogP contribution in [0.15, 0.2) is 18.3 Å². The smallest absolute Gasteiger partial charge is 0.249 e. The molecule has 2 aliphatic rings. The lowest BCUT2D eigenvalue weighted by Gasteiger charge is -2.19. The maximum absolute atomic E-state index is 12.5. The van der Waals surface area contributed by atoms with Crippen LogP contribution in [0.2, 0.25) is 5.02 Å². The van der Waals surface area contributed by atoms with E-state index in [0.717, 1.165) is 12.8 Å². The van der Waals surface area contributed by atoms with Crippen LogP contribution >= 0.6 is 11.6 Å². The summed E-state index contributed by atoms with van der Waals surface area (Å²) in [5.74, 6) is -0.146. The maximum atomic E-state index is 12.5. The van der Waals surface area contributed by atoms with Crippen LogP contribution in [0.3, 0.4) is 0 Å². The normalized spacial score (nSPS) is 28.4. The van der Waals surface area contributed by atoms with Gasteiger partial charge >= 0.3 is 0 Å². The monoisotopic (exact) mass is 382 g/mol. The van der Waals surface area contributed by atoms with Crippen molar-refractivity contribution in [2.45, 2.75) is 56.6 Å². The Labute approximate surface area is 156 Å². The van der Waals surface area contributed by atoms with E-state index in [1.54, 1.807) is 12.1 Å². The molecule has 3 rings (SSSR count). The fourth-order valence-corrected chi connectivity index (χ4v) is 3.28. The highest BCUT2D eigenvalue weighted by Crippen LogP contribution is 2.27. The Morgan fingerprint density at radius 1 is 1.54 bits per heavy atom. The third-order valence-corrected chi connectivity index (χ3v) is 4.75. The zero-order valence-corrected chi connectivity index (χ0v) is 15.2. The van der Waals surface area contributed by atoms with Crippen molar-refractivity contribution in [3.05, 3.63) is 23.4 Å². The van der Waals surface area contributed by atoms with Crippen LogP contribution in [0, 0.1) is 0 Å². The second-order valence-corrected chi connectivity index (χ2v) is 7.01. The Kier molecular flexibility index (Phi) is 5.95. The first-order chi connectivity index (χ1) is 12.5. The van der Waals surface area contributed by atoms with Gasteiger partial charge in [-0.3, -0.25) is 9.59 Å². The van der Waals surface area contributed by atoms with Gasteiger partial charge in [0, 0.05) is 25.2 Å². The Morgan fingerprint density at radius 3 is 2.96 bits per heavy atom. The molecule has 0 bridgehead atoms. The molecule has 1 aromatic rings. The number of hydrogen-bond acceptors (Lipinski definition) is 6. The molecule has 2 fully saturated rings. The van der Waals surface area contributed by atoms with Crippen molar-refractivity contribution >= 4 is 23.4 Å². The topological polar surface area (TPSA) is 119 Å². The number of nitrogens with zero attached hydrogens (tertiary/aromatic N) is 1. The second kappa shape index (κ2) is 8.20. The molecule has 2 saturated heterocycles. The van der Waals surface area contributed by atoms with Gasteiger partial charge in [-0.2, -0.15) is 0 Å². The molecule has 0 aliphatic carbocycles. The van der Waals surface area contributed by atoms with Gasteiger partial charge < -0.3 is 25.8 Å². The molecular weight excluding hydrogens is 360 g/mol. The minimum absolute atomic E-state index is 0.127. The fraction of sp³-hybridized carbons (Fsp3) is 0.588. The van der Waals surface area contributed by atoms with E-state index in [1.807, 2.05) is 6.92 Å². The zero-order valence-electron chi connectivity index (χ0n) is 14.5. The van der Waals surface area contributed by atoms with Crippen LogP contribution < -0.4 is 21.1 Å². The first-order valence-corrected chi connectivity index (χ1v) is 9.12. The summed E-state index contributed by atoms with van der Waals surface area (Å²) in [5.41, 5.74) is 5.26. The van der Waals surface area contributed by atoms with Crippen molar-refractivity contribution in [1.82, 2.24) is 15.6 Å². The summed E-state index contributed by atoms with van der Waals surface area (Å²) in [4.78, 5) is 27.8. The summed E-state index contributed by atoms with van der Waals surface area (Å²) in [5, 5.41) is 6.67. The van der Waals surface area contributed by atoms with Crippen LogP contribution in [-0.4, -0.2) is 53.7 Å². The minimum Gasteiger partial charge on any atom is -0.473 e. The summed E-state index contributed by atoms with van der Waals surface area (Å²) in [7, 11) is 0. The van der Waals surface area contributed by atoms with E-state index in [1.165, 1.54) is 6.20 Å². The van der Waals surface area contributed by atoms with Gasteiger partial charge in [0.25, 0.3) is 0 Å². The van der Waals surface area contributed by atoms with E-state index < -0.39 is 12.0 Å². The summed E-state index contributed by atoms with van der Waals surface area (Å²) < 4.78 is 11.1. The highest BCUT2D eigenvalue weighted by Gasteiger charge is 2.49. The predicted octanol–water partition coefficient (Wildman–Crippen LogP) is 0.382. The van der Waals surface area contributed by atoms with Gasteiger partial charge in [0.2, 0.25) is 17.7 Å². The lowest BCUT2D eigenvalue weighted by molar-refractivity contribution is -0.124.